The standard InChI is InChI=1S/C11H20O3S/c1-9(2)11(12)14-8-6-5-7-10(3)15(4)13/h10H,1,5-8H2,2-4H3. The molecule has 0 bridgehead atoms. The summed E-state index contributed by atoms with van der Waals surface area (Å²) in [6, 6.07) is 0. The highest BCUT2D eigenvalue weighted by molar-refractivity contribution is 7.84. The largest absolute Gasteiger partial charge is 0.462 e. The van der Waals surface area contributed by atoms with Crippen molar-refractivity contribution >= 4 is 16.8 Å². The first kappa shape index (κ1) is 14.4. The van der Waals surface area contributed by atoms with Crippen molar-refractivity contribution in [2.24, 2.45) is 0 Å². The molecular weight excluding hydrogens is 212 g/mol. The lowest BCUT2D eigenvalue weighted by atomic mass is 10.2. The van der Waals surface area contributed by atoms with Gasteiger partial charge in [-0.1, -0.05) is 13.5 Å². The highest BCUT2D eigenvalue weighted by Gasteiger charge is 2.06. The van der Waals surface area contributed by atoms with Crippen LogP contribution in [0.3, 0.4) is 0 Å². The molecule has 2 unspecified atom stereocenters. The van der Waals surface area contributed by atoms with E-state index >= 15 is 0 Å². The van der Waals surface area contributed by atoms with E-state index in [1.54, 1.807) is 13.2 Å². The number of hydrogen-bond acceptors (Lipinski definition) is 3. The van der Waals surface area contributed by atoms with E-state index in [1.165, 1.54) is 0 Å². The van der Waals surface area contributed by atoms with Gasteiger partial charge in [0, 0.05) is 27.9 Å². The van der Waals surface area contributed by atoms with E-state index in [0.717, 1.165) is 19.3 Å². The summed E-state index contributed by atoms with van der Waals surface area (Å²) in [4.78, 5) is 11.0. The third-order valence-electron chi connectivity index (χ3n) is 2.15. The van der Waals surface area contributed by atoms with E-state index in [4.69, 9.17) is 4.74 Å². The summed E-state index contributed by atoms with van der Waals surface area (Å²) < 4.78 is 16.0. The van der Waals surface area contributed by atoms with Crippen LogP contribution in [0, 0.1) is 0 Å². The fraction of sp³-hybridized carbons (Fsp3) is 0.727. The first-order valence-electron chi connectivity index (χ1n) is 5.10. The molecule has 0 aromatic rings. The summed E-state index contributed by atoms with van der Waals surface area (Å²) >= 11 is 0. The quantitative estimate of drug-likeness (QED) is 0.383. The maximum Gasteiger partial charge on any atom is 0.333 e. The van der Waals surface area contributed by atoms with Gasteiger partial charge in [-0.25, -0.2) is 4.79 Å². The second-order valence-electron chi connectivity index (χ2n) is 3.72. The van der Waals surface area contributed by atoms with E-state index in [1.807, 2.05) is 6.92 Å². The summed E-state index contributed by atoms with van der Waals surface area (Å²) in [7, 11) is -0.754. The number of hydrogen-bond donors (Lipinski definition) is 0. The summed E-state index contributed by atoms with van der Waals surface area (Å²) in [5, 5.41) is 0.224. The Morgan fingerprint density at radius 3 is 2.53 bits per heavy atom. The Bertz CT molecular complexity index is 248. The van der Waals surface area contributed by atoms with Crippen LogP contribution in [-0.2, 0) is 20.3 Å². The van der Waals surface area contributed by atoms with Crippen molar-refractivity contribution in [1.82, 2.24) is 0 Å². The van der Waals surface area contributed by atoms with Crippen LogP contribution in [0.25, 0.3) is 0 Å². The van der Waals surface area contributed by atoms with Crippen molar-refractivity contribution in [3.63, 3.8) is 0 Å². The summed E-state index contributed by atoms with van der Waals surface area (Å²) in [5.41, 5.74) is 0.429. The lowest BCUT2D eigenvalue weighted by molar-refractivity contribution is -0.139. The zero-order valence-corrected chi connectivity index (χ0v) is 10.6. The smallest absolute Gasteiger partial charge is 0.333 e. The fourth-order valence-corrected chi connectivity index (χ4v) is 1.49. The number of esters is 1. The number of rotatable bonds is 7. The Morgan fingerprint density at radius 2 is 2.07 bits per heavy atom. The minimum Gasteiger partial charge on any atom is -0.462 e. The molecule has 0 amide bonds. The highest BCUT2D eigenvalue weighted by atomic mass is 32.2. The molecule has 0 aromatic carbocycles. The van der Waals surface area contributed by atoms with Crippen LogP contribution in [-0.4, -0.2) is 28.3 Å². The lowest BCUT2D eigenvalue weighted by Gasteiger charge is -2.08. The molecule has 0 aliphatic carbocycles. The topological polar surface area (TPSA) is 43.4 Å². The first-order chi connectivity index (χ1) is 6.95. The molecule has 0 fully saturated rings. The highest BCUT2D eigenvalue weighted by Crippen LogP contribution is 2.06. The van der Waals surface area contributed by atoms with Crippen molar-refractivity contribution in [1.29, 1.82) is 0 Å². The molecule has 0 radical (unpaired) electrons. The third-order valence-corrected chi connectivity index (χ3v) is 3.52. The van der Waals surface area contributed by atoms with Crippen molar-refractivity contribution in [2.75, 3.05) is 12.9 Å². The molecule has 0 spiro atoms. The molecule has 0 saturated heterocycles. The number of carbonyl (C=O) groups excluding carboxylic acids is 1. The summed E-state index contributed by atoms with van der Waals surface area (Å²) in [6.45, 7) is 7.51. The molecule has 88 valence electrons. The number of ether oxygens (including phenoxy) is 1. The minimum absolute atomic E-state index is 0.224. The normalized spacial score (nSPS) is 14.3. The van der Waals surface area contributed by atoms with Crippen molar-refractivity contribution < 1.29 is 13.7 Å². The molecule has 2 atom stereocenters. The summed E-state index contributed by atoms with van der Waals surface area (Å²) in [5.74, 6) is -0.331. The molecule has 15 heavy (non-hydrogen) atoms. The molecule has 0 aliphatic heterocycles. The Kier molecular flexibility index (Phi) is 7.30. The van der Waals surface area contributed by atoms with Gasteiger partial charge in [-0.15, -0.1) is 0 Å². The Hall–Kier alpha value is -0.640. The molecule has 4 heteroatoms. The molecule has 0 saturated carbocycles. The maximum atomic E-state index is 11.0. The van der Waals surface area contributed by atoms with Gasteiger partial charge in [0.25, 0.3) is 0 Å². The molecular formula is C11H20O3S. The summed E-state index contributed by atoms with van der Waals surface area (Å²) in [6.07, 6.45) is 4.38. The fourth-order valence-electron chi connectivity index (χ4n) is 0.988. The zero-order chi connectivity index (χ0) is 11.8. The predicted octanol–water partition coefficient (Wildman–Crippen LogP) is 2.04. The number of unbranched alkanes of at least 4 members (excludes halogenated alkanes) is 1. The molecule has 0 N–H and O–H groups in total. The maximum absolute atomic E-state index is 11.0. The van der Waals surface area contributed by atoms with Gasteiger partial charge < -0.3 is 4.74 Å². The van der Waals surface area contributed by atoms with Crippen LogP contribution in [0.1, 0.15) is 33.1 Å². The van der Waals surface area contributed by atoms with E-state index in [0.29, 0.717) is 12.2 Å². The molecule has 3 nitrogen and oxygen atoms in total. The van der Waals surface area contributed by atoms with Gasteiger partial charge in [-0.2, -0.15) is 0 Å². The second kappa shape index (κ2) is 7.63. The van der Waals surface area contributed by atoms with Crippen LogP contribution in [0.4, 0.5) is 0 Å². The Balaban J connectivity index is 3.44. The molecule has 0 rings (SSSR count). The molecule has 0 aliphatic rings. The van der Waals surface area contributed by atoms with Gasteiger partial charge in [0.2, 0.25) is 0 Å². The van der Waals surface area contributed by atoms with E-state index < -0.39 is 10.8 Å². The van der Waals surface area contributed by atoms with Gasteiger partial charge in [-0.3, -0.25) is 4.21 Å². The molecule has 0 heterocycles. The predicted molar refractivity (Wildman–Crippen MR) is 63.2 cm³/mol. The Labute approximate surface area is 94.3 Å². The van der Waals surface area contributed by atoms with Gasteiger partial charge in [0.1, 0.15) is 0 Å². The lowest BCUT2D eigenvalue weighted by Crippen LogP contribution is -2.10. The average molecular weight is 232 g/mol. The third kappa shape index (κ3) is 7.31. The first-order valence-corrected chi connectivity index (χ1v) is 6.72. The monoisotopic (exact) mass is 232 g/mol. The van der Waals surface area contributed by atoms with Crippen LogP contribution in [0.5, 0.6) is 0 Å². The van der Waals surface area contributed by atoms with Crippen molar-refractivity contribution in [3.05, 3.63) is 12.2 Å². The van der Waals surface area contributed by atoms with Crippen LogP contribution < -0.4 is 0 Å². The van der Waals surface area contributed by atoms with Crippen molar-refractivity contribution in [3.8, 4) is 0 Å². The average Bonchev–Trinajstić information content (AvgIpc) is 2.16. The van der Waals surface area contributed by atoms with E-state index in [2.05, 4.69) is 6.58 Å². The van der Waals surface area contributed by atoms with Crippen LogP contribution in [0.15, 0.2) is 12.2 Å². The SMILES string of the molecule is C=C(C)C(=O)OCCCCC(C)S(C)=O. The van der Waals surface area contributed by atoms with E-state index in [-0.39, 0.29) is 11.2 Å². The van der Waals surface area contributed by atoms with Crippen LogP contribution >= 0.6 is 0 Å². The van der Waals surface area contributed by atoms with Gasteiger partial charge in [0.05, 0.1) is 6.61 Å². The second-order valence-corrected chi connectivity index (χ2v) is 5.52. The van der Waals surface area contributed by atoms with Gasteiger partial charge in [-0.05, 0) is 26.2 Å². The Morgan fingerprint density at radius 1 is 1.47 bits per heavy atom. The van der Waals surface area contributed by atoms with Crippen LogP contribution in [0.2, 0.25) is 0 Å². The van der Waals surface area contributed by atoms with Gasteiger partial charge >= 0.3 is 5.97 Å². The van der Waals surface area contributed by atoms with E-state index in [9.17, 15) is 9.00 Å². The molecule has 0 aromatic heterocycles. The van der Waals surface area contributed by atoms with Crippen molar-refractivity contribution in [2.45, 2.75) is 38.4 Å². The van der Waals surface area contributed by atoms with Gasteiger partial charge in [0.15, 0.2) is 0 Å². The number of carbonyl (C=O) groups is 1. The zero-order valence-electron chi connectivity index (χ0n) is 9.75. The minimum atomic E-state index is -0.754.